The zero-order valence-corrected chi connectivity index (χ0v) is 12.3. The summed E-state index contributed by atoms with van der Waals surface area (Å²) < 4.78 is 10.3. The molecule has 0 saturated carbocycles. The minimum Gasteiger partial charge on any atom is -0.444 e. The molecule has 1 amide bonds. The zero-order chi connectivity index (χ0) is 14.8. The molecule has 1 saturated heterocycles. The highest BCUT2D eigenvalue weighted by Crippen LogP contribution is 2.29. The highest BCUT2D eigenvalue weighted by molar-refractivity contribution is 5.68. The van der Waals surface area contributed by atoms with E-state index in [2.05, 4.69) is 0 Å². The molecule has 0 aliphatic carbocycles. The van der Waals surface area contributed by atoms with Crippen molar-refractivity contribution in [3.8, 4) is 0 Å². The second-order valence-corrected chi connectivity index (χ2v) is 6.15. The van der Waals surface area contributed by atoms with E-state index in [0.717, 1.165) is 0 Å². The number of nitrogens with zero attached hydrogens (tertiary/aromatic N) is 1. The lowest BCUT2D eigenvalue weighted by atomic mass is 9.88. The maximum absolute atomic E-state index is 12.0. The zero-order valence-electron chi connectivity index (χ0n) is 12.3. The summed E-state index contributed by atoms with van der Waals surface area (Å²) in [5.41, 5.74) is -0.563. The van der Waals surface area contributed by atoms with Crippen LogP contribution in [-0.4, -0.2) is 58.9 Å². The van der Waals surface area contributed by atoms with Crippen LogP contribution in [0, 0.1) is 5.92 Å². The molecule has 19 heavy (non-hydrogen) atoms. The predicted octanol–water partition coefficient (Wildman–Crippen LogP) is 0.959. The van der Waals surface area contributed by atoms with Crippen LogP contribution in [0.5, 0.6) is 0 Å². The fraction of sp³-hybridized carbons (Fsp3) is 0.923. The first-order valence-electron chi connectivity index (χ1n) is 6.50. The van der Waals surface area contributed by atoms with E-state index in [0.29, 0.717) is 13.0 Å². The Balaban J connectivity index is 2.72. The third-order valence-corrected chi connectivity index (χ3v) is 3.33. The maximum atomic E-state index is 12.0. The van der Waals surface area contributed by atoms with E-state index in [1.165, 1.54) is 18.9 Å². The normalized spacial score (nSPS) is 27.8. The van der Waals surface area contributed by atoms with E-state index in [1.807, 2.05) is 0 Å². The van der Waals surface area contributed by atoms with Crippen LogP contribution in [0.1, 0.15) is 34.1 Å². The number of aliphatic hydroxyl groups is 2. The predicted molar refractivity (Wildman–Crippen MR) is 69.6 cm³/mol. The van der Waals surface area contributed by atoms with E-state index in [9.17, 15) is 15.0 Å². The lowest BCUT2D eigenvalue weighted by molar-refractivity contribution is -0.235. The summed E-state index contributed by atoms with van der Waals surface area (Å²) in [7, 11) is 1.37. The fourth-order valence-electron chi connectivity index (χ4n) is 2.11. The van der Waals surface area contributed by atoms with Crippen LogP contribution in [0.2, 0.25) is 0 Å². The minimum atomic E-state index is -1.47. The van der Waals surface area contributed by atoms with Gasteiger partial charge in [-0.25, -0.2) is 4.79 Å². The quantitative estimate of drug-likeness (QED) is 0.734. The third kappa shape index (κ3) is 4.33. The number of methoxy groups -OCH3 is 1. The van der Waals surface area contributed by atoms with Gasteiger partial charge in [-0.3, -0.25) is 0 Å². The number of aliphatic hydroxyl groups excluding tert-OH is 1. The van der Waals surface area contributed by atoms with E-state index < -0.39 is 29.5 Å². The van der Waals surface area contributed by atoms with E-state index in [-0.39, 0.29) is 6.54 Å². The van der Waals surface area contributed by atoms with Gasteiger partial charge in [-0.2, -0.15) is 0 Å². The van der Waals surface area contributed by atoms with Gasteiger partial charge in [0.2, 0.25) is 0 Å². The minimum absolute atomic E-state index is 0.205. The third-order valence-electron chi connectivity index (χ3n) is 3.33. The van der Waals surface area contributed by atoms with Crippen LogP contribution in [0.4, 0.5) is 4.79 Å². The van der Waals surface area contributed by atoms with Gasteiger partial charge in [0, 0.05) is 20.2 Å². The van der Waals surface area contributed by atoms with Crippen LogP contribution in [0.25, 0.3) is 0 Å². The van der Waals surface area contributed by atoms with Crippen molar-refractivity contribution in [1.82, 2.24) is 4.90 Å². The summed E-state index contributed by atoms with van der Waals surface area (Å²) >= 11 is 0. The lowest BCUT2D eigenvalue weighted by Gasteiger charge is -2.42. The molecular formula is C13H25NO5. The maximum Gasteiger partial charge on any atom is 0.410 e. The number of amides is 1. The Labute approximate surface area is 114 Å². The Bertz CT molecular complexity index is 323. The number of ether oxygens (including phenoxy) is 2. The van der Waals surface area contributed by atoms with Crippen LogP contribution >= 0.6 is 0 Å². The average molecular weight is 275 g/mol. The monoisotopic (exact) mass is 275 g/mol. The largest absolute Gasteiger partial charge is 0.444 e. The van der Waals surface area contributed by atoms with Crippen molar-refractivity contribution >= 4 is 6.09 Å². The summed E-state index contributed by atoms with van der Waals surface area (Å²) in [5.74, 6) is -2.03. The number of hydrogen-bond acceptors (Lipinski definition) is 5. The lowest BCUT2D eigenvalue weighted by Crippen LogP contribution is -2.55. The van der Waals surface area contributed by atoms with Crippen molar-refractivity contribution < 1.29 is 24.5 Å². The van der Waals surface area contributed by atoms with Gasteiger partial charge in [0.15, 0.2) is 5.79 Å². The number of carbonyl (C=O) groups excluding carboxylic acids is 1. The molecule has 6 heteroatoms. The summed E-state index contributed by atoms with van der Waals surface area (Å²) in [6, 6.07) is 0. The Morgan fingerprint density at radius 2 is 1.89 bits per heavy atom. The van der Waals surface area contributed by atoms with Gasteiger partial charge in [-0.1, -0.05) is 0 Å². The highest BCUT2D eigenvalue weighted by Gasteiger charge is 2.42. The standard InChI is InChI=1S/C13H25NO5/c1-12(2,3)19-11(16)14-7-6-10(15)9(8-14)13(4,17)18-5/h9-10,15,17H,6-8H2,1-5H3. The molecule has 112 valence electrons. The smallest absolute Gasteiger partial charge is 0.410 e. The molecule has 1 aliphatic rings. The Morgan fingerprint density at radius 3 is 2.37 bits per heavy atom. The van der Waals surface area contributed by atoms with E-state index >= 15 is 0 Å². The van der Waals surface area contributed by atoms with Crippen molar-refractivity contribution in [2.24, 2.45) is 5.92 Å². The van der Waals surface area contributed by atoms with Crippen molar-refractivity contribution in [3.63, 3.8) is 0 Å². The van der Waals surface area contributed by atoms with Gasteiger partial charge in [0.1, 0.15) is 5.60 Å². The first-order chi connectivity index (χ1) is 8.57. The molecule has 3 unspecified atom stereocenters. The van der Waals surface area contributed by atoms with Crippen molar-refractivity contribution in [2.75, 3.05) is 20.2 Å². The molecule has 0 radical (unpaired) electrons. The number of carbonyl (C=O) groups is 1. The van der Waals surface area contributed by atoms with Gasteiger partial charge in [-0.05, 0) is 34.1 Å². The Kier molecular flexibility index (Phi) is 4.81. The van der Waals surface area contributed by atoms with Gasteiger partial charge >= 0.3 is 6.09 Å². The van der Waals surface area contributed by atoms with Crippen molar-refractivity contribution in [3.05, 3.63) is 0 Å². The molecule has 2 N–H and O–H groups in total. The molecule has 6 nitrogen and oxygen atoms in total. The molecule has 1 aliphatic heterocycles. The highest BCUT2D eigenvalue weighted by atomic mass is 16.6. The van der Waals surface area contributed by atoms with Gasteiger partial charge in [0.05, 0.1) is 12.0 Å². The SMILES string of the molecule is COC(C)(O)C1CN(C(=O)OC(C)(C)C)CCC1O. The van der Waals surface area contributed by atoms with Gasteiger partial charge < -0.3 is 24.6 Å². The van der Waals surface area contributed by atoms with E-state index in [1.54, 1.807) is 20.8 Å². The Morgan fingerprint density at radius 1 is 1.32 bits per heavy atom. The van der Waals surface area contributed by atoms with Crippen LogP contribution < -0.4 is 0 Å². The molecule has 0 aromatic carbocycles. The van der Waals surface area contributed by atoms with Gasteiger partial charge in [0.25, 0.3) is 0 Å². The molecule has 0 spiro atoms. The van der Waals surface area contributed by atoms with Crippen molar-refractivity contribution in [1.29, 1.82) is 0 Å². The number of hydrogen-bond donors (Lipinski definition) is 2. The number of likely N-dealkylation sites (tertiary alicyclic amines) is 1. The second-order valence-electron chi connectivity index (χ2n) is 6.15. The summed E-state index contributed by atoms with van der Waals surface area (Å²) in [4.78, 5) is 13.5. The molecule has 1 rings (SSSR count). The summed E-state index contributed by atoms with van der Waals surface area (Å²) in [5, 5.41) is 20.0. The van der Waals surface area contributed by atoms with Gasteiger partial charge in [-0.15, -0.1) is 0 Å². The Hall–Kier alpha value is -0.850. The number of rotatable bonds is 2. The molecule has 0 bridgehead atoms. The topological polar surface area (TPSA) is 79.2 Å². The number of piperidine rings is 1. The van der Waals surface area contributed by atoms with Crippen LogP contribution in [0.15, 0.2) is 0 Å². The van der Waals surface area contributed by atoms with E-state index in [4.69, 9.17) is 9.47 Å². The summed E-state index contributed by atoms with van der Waals surface area (Å²) in [6.07, 6.45) is -0.742. The van der Waals surface area contributed by atoms with Crippen LogP contribution in [0.3, 0.4) is 0 Å². The molecule has 0 aromatic heterocycles. The molecule has 0 aromatic rings. The van der Waals surface area contributed by atoms with Crippen LogP contribution in [-0.2, 0) is 9.47 Å². The fourth-order valence-corrected chi connectivity index (χ4v) is 2.11. The first kappa shape index (κ1) is 16.2. The summed E-state index contributed by atoms with van der Waals surface area (Å²) in [6.45, 7) is 7.49. The molecular weight excluding hydrogens is 250 g/mol. The molecule has 3 atom stereocenters. The molecule has 1 heterocycles. The molecule has 1 fully saturated rings. The average Bonchev–Trinajstić information content (AvgIpc) is 2.27. The van der Waals surface area contributed by atoms with Crippen molar-refractivity contribution in [2.45, 2.75) is 51.6 Å². The second kappa shape index (κ2) is 5.64. The first-order valence-corrected chi connectivity index (χ1v) is 6.50.